The van der Waals surface area contributed by atoms with Crippen LogP contribution in [-0.2, 0) is 0 Å². The normalized spacial score (nSPS) is 10.9. The van der Waals surface area contributed by atoms with Gasteiger partial charge in [-0.05, 0) is 41.9 Å². The fourth-order valence-electron chi connectivity index (χ4n) is 2.32. The molecule has 1 N–H and O–H groups in total. The van der Waals surface area contributed by atoms with Crippen molar-refractivity contribution >= 4 is 38.9 Å². The summed E-state index contributed by atoms with van der Waals surface area (Å²) in [5.74, 6) is 1.67. The third kappa shape index (κ3) is 2.89. The SMILES string of the molecule is CCN(CC)c1ccc(Nc2nc(Br)cn3ccnc23)cn1. The first-order valence-corrected chi connectivity index (χ1v) is 7.97. The number of fused-ring (bicyclic) bond motifs is 1. The van der Waals surface area contributed by atoms with Crippen molar-refractivity contribution in [3.05, 3.63) is 41.5 Å². The van der Waals surface area contributed by atoms with Crippen LogP contribution in [0, 0.1) is 0 Å². The molecule has 0 spiro atoms. The summed E-state index contributed by atoms with van der Waals surface area (Å²) < 4.78 is 2.66. The summed E-state index contributed by atoms with van der Waals surface area (Å²) in [5, 5.41) is 3.27. The van der Waals surface area contributed by atoms with E-state index < -0.39 is 0 Å². The summed E-state index contributed by atoms with van der Waals surface area (Å²) in [4.78, 5) is 15.5. The smallest absolute Gasteiger partial charge is 0.180 e. The van der Waals surface area contributed by atoms with Crippen LogP contribution in [0.4, 0.5) is 17.3 Å². The van der Waals surface area contributed by atoms with E-state index in [2.05, 4.69) is 54.9 Å². The summed E-state index contributed by atoms with van der Waals surface area (Å²) in [7, 11) is 0. The zero-order valence-electron chi connectivity index (χ0n) is 12.5. The molecular weight excluding hydrogens is 344 g/mol. The molecule has 0 unspecified atom stereocenters. The molecule has 0 atom stereocenters. The average Bonchev–Trinajstić information content (AvgIpc) is 2.98. The van der Waals surface area contributed by atoms with Gasteiger partial charge < -0.3 is 14.6 Å². The van der Waals surface area contributed by atoms with Crippen molar-refractivity contribution in [3.8, 4) is 0 Å². The molecule has 0 fully saturated rings. The van der Waals surface area contributed by atoms with E-state index >= 15 is 0 Å². The molecule has 0 saturated heterocycles. The molecule has 3 aromatic rings. The highest BCUT2D eigenvalue weighted by Gasteiger charge is 2.08. The second kappa shape index (κ2) is 6.31. The molecule has 7 heteroatoms. The number of nitrogens with zero attached hydrogens (tertiary/aromatic N) is 5. The lowest BCUT2D eigenvalue weighted by atomic mass is 10.3. The molecular formula is C15H17BrN6. The molecule has 0 bridgehead atoms. The number of aromatic nitrogens is 4. The standard InChI is InChI=1S/C15H17BrN6/c1-3-21(4-2)13-6-5-11(9-18-13)19-14-15-17-7-8-22(15)10-12(16)20-14/h5-10H,3-4H2,1-2H3,(H,19,20). The van der Waals surface area contributed by atoms with Gasteiger partial charge in [-0.15, -0.1) is 0 Å². The van der Waals surface area contributed by atoms with Crippen LogP contribution in [-0.4, -0.2) is 32.4 Å². The minimum Gasteiger partial charge on any atom is -0.357 e. The predicted molar refractivity (Wildman–Crippen MR) is 91.8 cm³/mol. The molecule has 0 radical (unpaired) electrons. The molecule has 0 aliphatic rings. The van der Waals surface area contributed by atoms with Gasteiger partial charge in [0, 0.05) is 31.7 Å². The molecule has 0 aliphatic carbocycles. The summed E-state index contributed by atoms with van der Waals surface area (Å²) in [6, 6.07) is 4.01. The largest absolute Gasteiger partial charge is 0.357 e. The number of hydrogen-bond acceptors (Lipinski definition) is 5. The van der Waals surface area contributed by atoms with Crippen LogP contribution >= 0.6 is 15.9 Å². The monoisotopic (exact) mass is 360 g/mol. The Kier molecular flexibility index (Phi) is 4.24. The lowest BCUT2D eigenvalue weighted by molar-refractivity contribution is 0.846. The summed E-state index contributed by atoms with van der Waals surface area (Å²) in [5.41, 5.74) is 1.66. The summed E-state index contributed by atoms with van der Waals surface area (Å²) in [6.07, 6.45) is 7.32. The Morgan fingerprint density at radius 1 is 1.23 bits per heavy atom. The molecule has 3 heterocycles. The van der Waals surface area contributed by atoms with Crippen molar-refractivity contribution in [1.82, 2.24) is 19.4 Å². The van der Waals surface area contributed by atoms with Gasteiger partial charge in [-0.25, -0.2) is 15.0 Å². The van der Waals surface area contributed by atoms with Crippen LogP contribution in [0.25, 0.3) is 5.65 Å². The number of halogens is 1. The Labute approximate surface area is 137 Å². The van der Waals surface area contributed by atoms with Gasteiger partial charge in [-0.1, -0.05) is 0 Å². The van der Waals surface area contributed by atoms with E-state index in [0.29, 0.717) is 5.82 Å². The number of anilines is 3. The third-order valence-corrected chi connectivity index (χ3v) is 3.82. The van der Waals surface area contributed by atoms with Gasteiger partial charge >= 0.3 is 0 Å². The van der Waals surface area contributed by atoms with E-state index in [-0.39, 0.29) is 0 Å². The maximum atomic E-state index is 4.50. The van der Waals surface area contributed by atoms with E-state index in [0.717, 1.165) is 34.8 Å². The number of nitrogens with one attached hydrogen (secondary N) is 1. The van der Waals surface area contributed by atoms with Crippen molar-refractivity contribution in [2.75, 3.05) is 23.3 Å². The molecule has 0 amide bonds. The molecule has 0 aliphatic heterocycles. The summed E-state index contributed by atoms with van der Waals surface area (Å²) >= 11 is 3.41. The third-order valence-electron chi connectivity index (χ3n) is 3.44. The second-order valence-electron chi connectivity index (χ2n) is 4.77. The fourth-order valence-corrected chi connectivity index (χ4v) is 2.71. The second-order valence-corrected chi connectivity index (χ2v) is 5.59. The van der Waals surface area contributed by atoms with Crippen LogP contribution in [0.5, 0.6) is 0 Å². The first-order valence-electron chi connectivity index (χ1n) is 7.18. The van der Waals surface area contributed by atoms with Gasteiger partial charge in [0.1, 0.15) is 10.4 Å². The van der Waals surface area contributed by atoms with Gasteiger partial charge in [-0.2, -0.15) is 0 Å². The van der Waals surface area contributed by atoms with Crippen molar-refractivity contribution in [2.45, 2.75) is 13.8 Å². The van der Waals surface area contributed by atoms with Crippen LogP contribution in [0.2, 0.25) is 0 Å². The number of pyridine rings is 1. The zero-order chi connectivity index (χ0) is 15.5. The van der Waals surface area contributed by atoms with Gasteiger partial charge in [0.25, 0.3) is 0 Å². The molecule has 3 aromatic heterocycles. The topological polar surface area (TPSA) is 58.4 Å². The van der Waals surface area contributed by atoms with Crippen LogP contribution in [0.3, 0.4) is 0 Å². The Hall–Kier alpha value is -2.15. The maximum absolute atomic E-state index is 4.50. The van der Waals surface area contributed by atoms with Gasteiger partial charge in [-0.3, -0.25) is 0 Å². The van der Waals surface area contributed by atoms with Crippen molar-refractivity contribution < 1.29 is 0 Å². The zero-order valence-corrected chi connectivity index (χ0v) is 14.1. The van der Waals surface area contributed by atoms with Crippen molar-refractivity contribution in [1.29, 1.82) is 0 Å². The number of rotatable bonds is 5. The highest BCUT2D eigenvalue weighted by atomic mass is 79.9. The minimum atomic E-state index is 0.691. The van der Waals surface area contributed by atoms with E-state index in [1.807, 2.05) is 35.1 Å². The lowest BCUT2D eigenvalue weighted by Crippen LogP contribution is -2.22. The highest BCUT2D eigenvalue weighted by molar-refractivity contribution is 9.10. The van der Waals surface area contributed by atoms with Gasteiger partial charge in [0.15, 0.2) is 11.5 Å². The fraction of sp³-hybridized carbons (Fsp3) is 0.267. The predicted octanol–water partition coefficient (Wildman–Crippen LogP) is 3.48. The summed E-state index contributed by atoms with van der Waals surface area (Å²) in [6.45, 7) is 6.13. The molecule has 0 aromatic carbocycles. The van der Waals surface area contributed by atoms with Crippen LogP contribution < -0.4 is 10.2 Å². The van der Waals surface area contributed by atoms with Gasteiger partial charge in [0.2, 0.25) is 0 Å². The molecule has 3 rings (SSSR count). The Bertz CT molecular complexity index is 763. The van der Waals surface area contributed by atoms with E-state index in [9.17, 15) is 0 Å². The highest BCUT2D eigenvalue weighted by Crippen LogP contribution is 2.22. The molecule has 0 saturated carbocycles. The molecule has 6 nitrogen and oxygen atoms in total. The average molecular weight is 361 g/mol. The van der Waals surface area contributed by atoms with E-state index in [1.165, 1.54) is 0 Å². The van der Waals surface area contributed by atoms with Crippen LogP contribution in [0.15, 0.2) is 41.5 Å². The van der Waals surface area contributed by atoms with E-state index in [1.54, 1.807) is 6.20 Å². The quantitative estimate of drug-likeness (QED) is 0.754. The first-order chi connectivity index (χ1) is 10.7. The van der Waals surface area contributed by atoms with E-state index in [4.69, 9.17) is 0 Å². The first kappa shape index (κ1) is 14.8. The molecule has 22 heavy (non-hydrogen) atoms. The Morgan fingerprint density at radius 2 is 2.05 bits per heavy atom. The minimum absolute atomic E-state index is 0.691. The van der Waals surface area contributed by atoms with Crippen LogP contribution in [0.1, 0.15) is 13.8 Å². The number of imidazole rings is 1. The Balaban J connectivity index is 1.87. The lowest BCUT2D eigenvalue weighted by Gasteiger charge is -2.19. The Morgan fingerprint density at radius 3 is 2.73 bits per heavy atom. The van der Waals surface area contributed by atoms with Crippen molar-refractivity contribution in [2.24, 2.45) is 0 Å². The molecule has 114 valence electrons. The van der Waals surface area contributed by atoms with Gasteiger partial charge in [0.05, 0.1) is 11.9 Å². The van der Waals surface area contributed by atoms with Crippen molar-refractivity contribution in [3.63, 3.8) is 0 Å². The maximum Gasteiger partial charge on any atom is 0.180 e. The number of hydrogen-bond donors (Lipinski definition) is 1.